The molecule has 0 aliphatic carbocycles. The zero-order valence-electron chi connectivity index (χ0n) is 14.2. The van der Waals surface area contributed by atoms with Gasteiger partial charge in [0.25, 0.3) is 0 Å². The molecular weight excluding hydrogens is 296 g/mol. The van der Waals surface area contributed by atoms with Crippen molar-refractivity contribution in [3.63, 3.8) is 0 Å². The van der Waals surface area contributed by atoms with Crippen molar-refractivity contribution in [1.29, 1.82) is 0 Å². The Labute approximate surface area is 144 Å². The van der Waals surface area contributed by atoms with E-state index in [0.717, 1.165) is 39.3 Å². The van der Waals surface area contributed by atoms with Crippen LogP contribution in [0.1, 0.15) is 17.5 Å². The number of para-hydroxylation sites is 1. The van der Waals surface area contributed by atoms with Crippen LogP contribution in [0.4, 0.5) is 5.69 Å². The van der Waals surface area contributed by atoms with Gasteiger partial charge in [-0.25, -0.2) is 0 Å². The van der Waals surface area contributed by atoms with Crippen molar-refractivity contribution in [2.24, 2.45) is 0 Å². The molecular formula is C21H26N2O. The van der Waals surface area contributed by atoms with E-state index in [9.17, 15) is 0 Å². The van der Waals surface area contributed by atoms with Gasteiger partial charge in [-0.05, 0) is 30.0 Å². The molecule has 1 saturated heterocycles. The highest BCUT2D eigenvalue weighted by Gasteiger charge is 2.29. The number of hydrogen-bond acceptors (Lipinski definition) is 3. The first kappa shape index (κ1) is 15.7. The molecule has 0 spiro atoms. The molecule has 2 aromatic rings. The standard InChI is InChI=1S/C21H26N2O/c1-2-7-18(8-3-1)17-21(22-13-15-24-16-14-22)23-12-6-10-19-9-4-5-11-20(19)23/h1-5,7-9,11,21H,6,10,12-17H2. The summed E-state index contributed by atoms with van der Waals surface area (Å²) in [6, 6.07) is 19.8. The molecule has 4 rings (SSSR count). The minimum Gasteiger partial charge on any atom is -0.379 e. The maximum atomic E-state index is 5.60. The number of nitrogens with zero attached hydrogens (tertiary/aromatic N) is 2. The third-order valence-corrected chi connectivity index (χ3v) is 5.23. The van der Waals surface area contributed by atoms with Gasteiger partial charge in [0.05, 0.1) is 19.4 Å². The molecule has 2 aliphatic heterocycles. The van der Waals surface area contributed by atoms with Crippen LogP contribution in [-0.2, 0) is 17.6 Å². The molecule has 2 aliphatic rings. The van der Waals surface area contributed by atoms with Crippen molar-refractivity contribution < 1.29 is 4.74 Å². The normalized spacial score (nSPS) is 19.8. The van der Waals surface area contributed by atoms with Crippen molar-refractivity contribution in [2.75, 3.05) is 37.7 Å². The van der Waals surface area contributed by atoms with E-state index in [0.29, 0.717) is 6.17 Å². The summed E-state index contributed by atoms with van der Waals surface area (Å²) in [7, 11) is 0. The highest BCUT2D eigenvalue weighted by atomic mass is 16.5. The molecule has 2 aromatic carbocycles. The number of fused-ring (bicyclic) bond motifs is 1. The van der Waals surface area contributed by atoms with E-state index < -0.39 is 0 Å². The zero-order valence-corrected chi connectivity index (χ0v) is 14.2. The van der Waals surface area contributed by atoms with Crippen molar-refractivity contribution in [1.82, 2.24) is 4.90 Å². The number of aryl methyl sites for hydroxylation is 1. The summed E-state index contributed by atoms with van der Waals surface area (Å²) in [6.07, 6.45) is 3.92. The smallest absolute Gasteiger partial charge is 0.0863 e. The molecule has 3 heteroatoms. The quantitative estimate of drug-likeness (QED) is 0.859. The second-order valence-electron chi connectivity index (χ2n) is 6.74. The fourth-order valence-corrected chi connectivity index (χ4v) is 4.01. The maximum Gasteiger partial charge on any atom is 0.0863 e. The second kappa shape index (κ2) is 7.37. The fraction of sp³-hybridized carbons (Fsp3) is 0.429. The third kappa shape index (κ3) is 3.33. The van der Waals surface area contributed by atoms with Crippen molar-refractivity contribution >= 4 is 5.69 Å². The van der Waals surface area contributed by atoms with Crippen LogP contribution in [-0.4, -0.2) is 43.9 Å². The van der Waals surface area contributed by atoms with Crippen molar-refractivity contribution in [3.8, 4) is 0 Å². The Morgan fingerprint density at radius 3 is 2.46 bits per heavy atom. The van der Waals surface area contributed by atoms with E-state index in [-0.39, 0.29) is 0 Å². The van der Waals surface area contributed by atoms with Gasteiger partial charge >= 0.3 is 0 Å². The lowest BCUT2D eigenvalue weighted by molar-refractivity contribution is 0.0155. The summed E-state index contributed by atoms with van der Waals surface area (Å²) >= 11 is 0. The zero-order chi connectivity index (χ0) is 16.2. The molecule has 0 saturated carbocycles. The van der Waals surface area contributed by atoms with E-state index in [1.807, 2.05) is 0 Å². The lowest BCUT2D eigenvalue weighted by atomic mass is 9.99. The monoisotopic (exact) mass is 322 g/mol. The number of anilines is 1. The third-order valence-electron chi connectivity index (χ3n) is 5.23. The molecule has 24 heavy (non-hydrogen) atoms. The Morgan fingerprint density at radius 1 is 0.875 bits per heavy atom. The second-order valence-corrected chi connectivity index (χ2v) is 6.74. The van der Waals surface area contributed by atoms with Gasteiger partial charge < -0.3 is 9.64 Å². The summed E-state index contributed by atoms with van der Waals surface area (Å²) < 4.78 is 5.60. The molecule has 2 heterocycles. The van der Waals surface area contributed by atoms with Crippen LogP contribution >= 0.6 is 0 Å². The van der Waals surface area contributed by atoms with Gasteiger partial charge in [-0.3, -0.25) is 4.90 Å². The van der Waals surface area contributed by atoms with Gasteiger partial charge in [0, 0.05) is 31.7 Å². The average molecular weight is 322 g/mol. The fourth-order valence-electron chi connectivity index (χ4n) is 4.01. The summed E-state index contributed by atoms with van der Waals surface area (Å²) in [5.41, 5.74) is 4.34. The van der Waals surface area contributed by atoms with Crippen LogP contribution in [0.2, 0.25) is 0 Å². The molecule has 3 nitrogen and oxygen atoms in total. The molecule has 0 N–H and O–H groups in total. The van der Waals surface area contributed by atoms with Crippen molar-refractivity contribution in [3.05, 3.63) is 65.7 Å². The highest BCUT2D eigenvalue weighted by molar-refractivity contribution is 5.56. The first-order valence-corrected chi connectivity index (χ1v) is 9.12. The summed E-state index contributed by atoms with van der Waals surface area (Å²) in [4.78, 5) is 5.25. The van der Waals surface area contributed by atoms with Crippen LogP contribution in [0, 0.1) is 0 Å². The SMILES string of the molecule is c1ccc(CC(N2CCOCC2)N2CCCc3ccccc32)cc1. The van der Waals surface area contributed by atoms with Gasteiger partial charge in [0.15, 0.2) is 0 Å². The number of rotatable bonds is 4. The van der Waals surface area contributed by atoms with Gasteiger partial charge in [0.2, 0.25) is 0 Å². The van der Waals surface area contributed by atoms with Crippen LogP contribution in [0.5, 0.6) is 0 Å². The summed E-state index contributed by atoms with van der Waals surface area (Å²) in [5, 5.41) is 0. The Hall–Kier alpha value is -1.84. The van der Waals surface area contributed by atoms with Crippen LogP contribution in [0.25, 0.3) is 0 Å². The number of morpholine rings is 1. The molecule has 1 unspecified atom stereocenters. The molecule has 1 fully saturated rings. The summed E-state index contributed by atoms with van der Waals surface area (Å²) in [6.45, 7) is 4.89. The number of ether oxygens (including phenoxy) is 1. The first-order valence-electron chi connectivity index (χ1n) is 9.12. The Morgan fingerprint density at radius 2 is 1.62 bits per heavy atom. The topological polar surface area (TPSA) is 15.7 Å². The first-order chi connectivity index (χ1) is 11.9. The van der Waals surface area contributed by atoms with Gasteiger partial charge in [-0.2, -0.15) is 0 Å². The Kier molecular flexibility index (Phi) is 4.81. The van der Waals surface area contributed by atoms with E-state index in [1.54, 1.807) is 0 Å². The molecule has 0 bridgehead atoms. The van der Waals surface area contributed by atoms with Crippen molar-refractivity contribution in [2.45, 2.75) is 25.4 Å². The largest absolute Gasteiger partial charge is 0.379 e. The van der Waals surface area contributed by atoms with Crippen LogP contribution in [0.3, 0.4) is 0 Å². The van der Waals surface area contributed by atoms with Crippen LogP contribution < -0.4 is 4.90 Å². The molecule has 0 aromatic heterocycles. The van der Waals surface area contributed by atoms with Gasteiger partial charge in [-0.1, -0.05) is 48.5 Å². The Bertz CT molecular complexity index is 652. The van der Waals surface area contributed by atoms with E-state index in [4.69, 9.17) is 4.74 Å². The van der Waals surface area contributed by atoms with E-state index in [2.05, 4.69) is 64.4 Å². The lowest BCUT2D eigenvalue weighted by Crippen LogP contribution is -2.55. The van der Waals surface area contributed by atoms with E-state index >= 15 is 0 Å². The molecule has 0 amide bonds. The molecule has 126 valence electrons. The average Bonchev–Trinajstić information content (AvgIpc) is 2.67. The van der Waals surface area contributed by atoms with E-state index in [1.165, 1.54) is 29.7 Å². The lowest BCUT2D eigenvalue weighted by Gasteiger charge is -2.45. The molecule has 0 radical (unpaired) electrons. The highest BCUT2D eigenvalue weighted by Crippen LogP contribution is 2.30. The predicted octanol–water partition coefficient (Wildman–Crippen LogP) is 3.34. The molecule has 1 atom stereocenters. The number of benzene rings is 2. The van der Waals surface area contributed by atoms with Gasteiger partial charge in [0.1, 0.15) is 0 Å². The van der Waals surface area contributed by atoms with Gasteiger partial charge in [-0.15, -0.1) is 0 Å². The minimum absolute atomic E-state index is 0.415. The summed E-state index contributed by atoms with van der Waals surface area (Å²) in [5.74, 6) is 0. The maximum absolute atomic E-state index is 5.60. The number of hydrogen-bond donors (Lipinski definition) is 0. The predicted molar refractivity (Wildman–Crippen MR) is 98.4 cm³/mol. The minimum atomic E-state index is 0.415. The Balaban J connectivity index is 1.65. The van der Waals surface area contributed by atoms with Crippen LogP contribution in [0.15, 0.2) is 54.6 Å².